The monoisotopic (exact) mass is 241 g/mol. The lowest BCUT2D eigenvalue weighted by atomic mass is 10.0. The Kier molecular flexibility index (Phi) is 5.92. The maximum absolute atomic E-state index is 12.0. The number of likely N-dealkylation sites (N-methyl/N-ethyl adjacent to an activating group) is 1. The second-order valence-electron chi connectivity index (χ2n) is 5.52. The molecular weight excluding hydrogens is 214 g/mol. The first kappa shape index (κ1) is 14.5. The molecule has 1 saturated heterocycles. The van der Waals surface area contributed by atoms with Crippen molar-refractivity contribution in [3.63, 3.8) is 0 Å². The Hall–Kier alpha value is -0.610. The van der Waals surface area contributed by atoms with Gasteiger partial charge in [0.25, 0.3) is 0 Å². The summed E-state index contributed by atoms with van der Waals surface area (Å²) < 4.78 is 0. The van der Waals surface area contributed by atoms with Crippen LogP contribution in [0.25, 0.3) is 0 Å². The molecule has 2 atom stereocenters. The number of carbonyl (C=O) groups is 1. The third kappa shape index (κ3) is 4.64. The van der Waals surface area contributed by atoms with Gasteiger partial charge in [-0.1, -0.05) is 20.3 Å². The van der Waals surface area contributed by atoms with Crippen LogP contribution in [-0.2, 0) is 4.79 Å². The van der Waals surface area contributed by atoms with E-state index in [4.69, 9.17) is 0 Å². The highest BCUT2D eigenvalue weighted by molar-refractivity contribution is 5.81. The van der Waals surface area contributed by atoms with E-state index in [1.54, 1.807) is 0 Å². The predicted octanol–water partition coefficient (Wildman–Crippen LogP) is 0.831. The molecule has 100 valence electrons. The molecule has 2 N–H and O–H groups in total. The fraction of sp³-hybridized carbons (Fsp3) is 0.923. The van der Waals surface area contributed by atoms with Crippen molar-refractivity contribution >= 4 is 5.91 Å². The molecule has 0 saturated carbocycles. The van der Waals surface area contributed by atoms with E-state index in [1.807, 2.05) is 0 Å². The minimum atomic E-state index is 0.0266. The molecule has 0 aliphatic carbocycles. The Bertz CT molecular complexity index is 227. The van der Waals surface area contributed by atoms with Crippen LogP contribution in [0.15, 0.2) is 0 Å². The maximum Gasteiger partial charge on any atom is 0.237 e. The molecule has 0 radical (unpaired) electrons. The fourth-order valence-corrected chi connectivity index (χ4v) is 2.42. The second-order valence-corrected chi connectivity index (χ2v) is 5.52. The topological polar surface area (TPSA) is 44.4 Å². The number of rotatable bonds is 5. The lowest BCUT2D eigenvalue weighted by Gasteiger charge is -2.29. The van der Waals surface area contributed by atoms with Crippen LogP contribution in [0, 0.1) is 5.92 Å². The smallest absolute Gasteiger partial charge is 0.237 e. The van der Waals surface area contributed by atoms with Crippen molar-refractivity contribution < 1.29 is 4.79 Å². The summed E-state index contributed by atoms with van der Waals surface area (Å²) in [5, 5.41) is 6.35. The van der Waals surface area contributed by atoms with Crippen LogP contribution >= 0.6 is 0 Å². The first-order valence-corrected chi connectivity index (χ1v) is 6.70. The highest BCUT2D eigenvalue weighted by atomic mass is 16.2. The van der Waals surface area contributed by atoms with Crippen LogP contribution in [0.5, 0.6) is 0 Å². The second kappa shape index (κ2) is 6.97. The van der Waals surface area contributed by atoms with Gasteiger partial charge in [-0.2, -0.15) is 0 Å². The Morgan fingerprint density at radius 3 is 2.59 bits per heavy atom. The van der Waals surface area contributed by atoms with Crippen molar-refractivity contribution in [3.05, 3.63) is 0 Å². The van der Waals surface area contributed by atoms with Gasteiger partial charge < -0.3 is 15.5 Å². The van der Waals surface area contributed by atoms with E-state index in [-0.39, 0.29) is 11.9 Å². The van der Waals surface area contributed by atoms with Gasteiger partial charge in [0.05, 0.1) is 6.04 Å². The number of nitrogens with one attached hydrogen (secondary N) is 2. The summed E-state index contributed by atoms with van der Waals surface area (Å²) in [6, 6.07) is 0.432. The SMILES string of the molecule is CC(C)C(CNC(=O)[C@@H]1CCCCN1)N(C)C. The highest BCUT2D eigenvalue weighted by Gasteiger charge is 2.22. The molecule has 0 aromatic carbocycles. The van der Waals surface area contributed by atoms with Crippen molar-refractivity contribution in [2.75, 3.05) is 27.2 Å². The highest BCUT2D eigenvalue weighted by Crippen LogP contribution is 2.08. The van der Waals surface area contributed by atoms with E-state index >= 15 is 0 Å². The van der Waals surface area contributed by atoms with Gasteiger partial charge in [-0.15, -0.1) is 0 Å². The Morgan fingerprint density at radius 2 is 2.12 bits per heavy atom. The lowest BCUT2D eigenvalue weighted by Crippen LogP contribution is -2.50. The summed E-state index contributed by atoms with van der Waals surface area (Å²) in [5.74, 6) is 0.710. The summed E-state index contributed by atoms with van der Waals surface area (Å²) in [4.78, 5) is 14.1. The van der Waals surface area contributed by atoms with Gasteiger partial charge in [0.15, 0.2) is 0 Å². The van der Waals surface area contributed by atoms with Crippen LogP contribution in [0.4, 0.5) is 0 Å². The van der Waals surface area contributed by atoms with Crippen LogP contribution < -0.4 is 10.6 Å². The molecule has 4 nitrogen and oxygen atoms in total. The van der Waals surface area contributed by atoms with Crippen LogP contribution in [0.3, 0.4) is 0 Å². The quantitative estimate of drug-likeness (QED) is 0.749. The summed E-state index contributed by atoms with van der Waals surface area (Å²) in [6.45, 7) is 6.09. The average molecular weight is 241 g/mol. The molecule has 1 unspecified atom stereocenters. The largest absolute Gasteiger partial charge is 0.353 e. The molecule has 1 amide bonds. The number of piperidine rings is 1. The van der Waals surface area contributed by atoms with E-state index in [0.717, 1.165) is 25.9 Å². The van der Waals surface area contributed by atoms with Gasteiger partial charge in [0.2, 0.25) is 5.91 Å². The first-order chi connectivity index (χ1) is 8.02. The van der Waals surface area contributed by atoms with Crippen LogP contribution in [-0.4, -0.2) is 50.1 Å². The number of carbonyl (C=O) groups excluding carboxylic acids is 1. The van der Waals surface area contributed by atoms with Gasteiger partial charge in [-0.3, -0.25) is 4.79 Å². The molecule has 0 bridgehead atoms. The number of amides is 1. The lowest BCUT2D eigenvalue weighted by molar-refractivity contribution is -0.123. The zero-order valence-electron chi connectivity index (χ0n) is 11.6. The van der Waals surface area contributed by atoms with E-state index < -0.39 is 0 Å². The van der Waals surface area contributed by atoms with E-state index in [9.17, 15) is 4.79 Å². The zero-order valence-corrected chi connectivity index (χ0v) is 11.6. The van der Waals surface area contributed by atoms with Crippen LogP contribution in [0.2, 0.25) is 0 Å². The van der Waals surface area contributed by atoms with Gasteiger partial charge in [-0.05, 0) is 39.4 Å². The van der Waals surface area contributed by atoms with Gasteiger partial charge in [0, 0.05) is 12.6 Å². The molecule has 1 rings (SSSR count). The standard InChI is InChI=1S/C13H27N3O/c1-10(2)12(16(3)4)9-15-13(17)11-7-5-6-8-14-11/h10-12,14H,5-9H2,1-4H3,(H,15,17)/t11-,12?/m0/s1. The predicted molar refractivity (Wildman–Crippen MR) is 71.0 cm³/mol. The average Bonchev–Trinajstić information content (AvgIpc) is 2.29. The van der Waals surface area contributed by atoms with Crippen molar-refractivity contribution in [3.8, 4) is 0 Å². The van der Waals surface area contributed by atoms with Crippen molar-refractivity contribution in [2.45, 2.75) is 45.2 Å². The molecular formula is C13H27N3O. The van der Waals surface area contributed by atoms with Crippen molar-refractivity contribution in [2.24, 2.45) is 5.92 Å². The first-order valence-electron chi connectivity index (χ1n) is 6.70. The van der Waals surface area contributed by atoms with E-state index in [2.05, 4.69) is 43.5 Å². The Morgan fingerprint density at radius 1 is 1.41 bits per heavy atom. The summed E-state index contributed by atoms with van der Waals surface area (Å²) in [7, 11) is 4.13. The van der Waals surface area contributed by atoms with Gasteiger partial charge in [0.1, 0.15) is 0 Å². The fourth-order valence-electron chi connectivity index (χ4n) is 2.42. The normalized spacial score (nSPS) is 22.8. The minimum Gasteiger partial charge on any atom is -0.353 e. The molecule has 1 aliphatic heterocycles. The molecule has 17 heavy (non-hydrogen) atoms. The van der Waals surface area contributed by atoms with Crippen LogP contribution in [0.1, 0.15) is 33.1 Å². The number of hydrogen-bond acceptors (Lipinski definition) is 3. The molecule has 0 spiro atoms. The molecule has 1 fully saturated rings. The number of nitrogens with zero attached hydrogens (tertiary/aromatic N) is 1. The van der Waals surface area contributed by atoms with E-state index in [1.165, 1.54) is 6.42 Å². The molecule has 1 aliphatic rings. The van der Waals surface area contributed by atoms with Gasteiger partial charge >= 0.3 is 0 Å². The molecule has 1 heterocycles. The Labute approximate surface area is 105 Å². The molecule has 0 aromatic rings. The van der Waals surface area contributed by atoms with Crippen molar-refractivity contribution in [1.82, 2.24) is 15.5 Å². The zero-order chi connectivity index (χ0) is 12.8. The minimum absolute atomic E-state index is 0.0266. The summed E-state index contributed by atoms with van der Waals surface area (Å²) in [5.41, 5.74) is 0. The maximum atomic E-state index is 12.0. The third-order valence-electron chi connectivity index (χ3n) is 3.55. The molecule has 0 aromatic heterocycles. The van der Waals surface area contributed by atoms with Crippen molar-refractivity contribution in [1.29, 1.82) is 0 Å². The van der Waals surface area contributed by atoms with E-state index in [0.29, 0.717) is 12.0 Å². The third-order valence-corrected chi connectivity index (χ3v) is 3.55. The summed E-state index contributed by atoms with van der Waals surface area (Å²) in [6.07, 6.45) is 3.32. The number of hydrogen-bond donors (Lipinski definition) is 2. The Balaban J connectivity index is 2.35. The summed E-state index contributed by atoms with van der Waals surface area (Å²) >= 11 is 0. The molecule has 4 heteroatoms. The van der Waals surface area contributed by atoms with Gasteiger partial charge in [-0.25, -0.2) is 0 Å².